The molecule has 1 amide bonds. The predicted molar refractivity (Wildman–Crippen MR) is 117 cm³/mol. The van der Waals surface area contributed by atoms with E-state index in [2.05, 4.69) is 15.5 Å². The van der Waals surface area contributed by atoms with E-state index in [1.807, 2.05) is 38.3 Å². The van der Waals surface area contributed by atoms with Crippen molar-refractivity contribution in [1.29, 1.82) is 0 Å². The zero-order valence-electron chi connectivity index (χ0n) is 17.5. The summed E-state index contributed by atoms with van der Waals surface area (Å²) in [6.07, 6.45) is 2.27. The molecule has 0 radical (unpaired) electrons. The summed E-state index contributed by atoms with van der Waals surface area (Å²) in [5.74, 6) is 0.694. The number of thiophene rings is 1. The Labute approximate surface area is 183 Å². The molecule has 160 valence electrons. The Kier molecular flexibility index (Phi) is 6.99. The quantitative estimate of drug-likeness (QED) is 0.398. The lowest BCUT2D eigenvalue weighted by Gasteiger charge is -2.12. The average Bonchev–Trinajstić information content (AvgIpc) is 3.43. The first-order valence-electron chi connectivity index (χ1n) is 9.49. The van der Waals surface area contributed by atoms with Crippen molar-refractivity contribution in [3.8, 4) is 11.6 Å². The van der Waals surface area contributed by atoms with Gasteiger partial charge in [-0.05, 0) is 44.9 Å². The summed E-state index contributed by atoms with van der Waals surface area (Å²) >= 11 is 2.66. The van der Waals surface area contributed by atoms with Crippen LogP contribution in [0.3, 0.4) is 0 Å². The SMILES string of the molecule is CCc1c(C)sc(NC(=O)CSc2nnc(-c3ccco3)n2C(C)C)c1C(=O)OC. The molecule has 1 N–H and O–H groups in total. The highest BCUT2D eigenvalue weighted by Crippen LogP contribution is 2.34. The number of esters is 1. The zero-order chi connectivity index (χ0) is 21.8. The van der Waals surface area contributed by atoms with E-state index in [1.54, 1.807) is 12.3 Å². The van der Waals surface area contributed by atoms with Crippen molar-refractivity contribution in [3.05, 3.63) is 34.4 Å². The van der Waals surface area contributed by atoms with Gasteiger partial charge < -0.3 is 14.5 Å². The number of furan rings is 1. The van der Waals surface area contributed by atoms with Gasteiger partial charge in [0.15, 0.2) is 10.9 Å². The van der Waals surface area contributed by atoms with Gasteiger partial charge in [-0.2, -0.15) is 0 Å². The number of rotatable bonds is 8. The highest BCUT2D eigenvalue weighted by molar-refractivity contribution is 7.99. The van der Waals surface area contributed by atoms with Crippen molar-refractivity contribution in [2.75, 3.05) is 18.2 Å². The largest absolute Gasteiger partial charge is 0.465 e. The number of anilines is 1. The fourth-order valence-electron chi connectivity index (χ4n) is 3.12. The normalized spacial score (nSPS) is 11.1. The highest BCUT2D eigenvalue weighted by Gasteiger charge is 2.24. The number of hydrogen-bond donors (Lipinski definition) is 1. The predicted octanol–water partition coefficient (Wildman–Crippen LogP) is 4.57. The van der Waals surface area contributed by atoms with Gasteiger partial charge >= 0.3 is 5.97 Å². The van der Waals surface area contributed by atoms with Gasteiger partial charge in [-0.25, -0.2) is 4.79 Å². The summed E-state index contributed by atoms with van der Waals surface area (Å²) in [6, 6.07) is 3.70. The Morgan fingerprint density at radius 3 is 2.73 bits per heavy atom. The van der Waals surface area contributed by atoms with Crippen molar-refractivity contribution < 1.29 is 18.7 Å². The molecule has 0 saturated heterocycles. The Morgan fingerprint density at radius 1 is 1.37 bits per heavy atom. The van der Waals surface area contributed by atoms with Crippen LogP contribution in [0.15, 0.2) is 28.0 Å². The van der Waals surface area contributed by atoms with Crippen LogP contribution in [0.25, 0.3) is 11.6 Å². The molecule has 3 aromatic rings. The maximum Gasteiger partial charge on any atom is 0.341 e. The van der Waals surface area contributed by atoms with Gasteiger partial charge in [0.05, 0.1) is 24.7 Å². The third-order valence-electron chi connectivity index (χ3n) is 4.46. The van der Waals surface area contributed by atoms with Gasteiger partial charge in [-0.3, -0.25) is 9.36 Å². The van der Waals surface area contributed by atoms with Crippen LogP contribution < -0.4 is 5.32 Å². The molecular weight excluding hydrogens is 424 g/mol. The maximum atomic E-state index is 12.6. The van der Waals surface area contributed by atoms with Crippen LogP contribution in [0.2, 0.25) is 0 Å². The van der Waals surface area contributed by atoms with Gasteiger partial charge in [-0.15, -0.1) is 21.5 Å². The third kappa shape index (κ3) is 4.44. The van der Waals surface area contributed by atoms with Crippen molar-refractivity contribution in [2.24, 2.45) is 0 Å². The first-order valence-corrected chi connectivity index (χ1v) is 11.3. The van der Waals surface area contributed by atoms with Crippen LogP contribution in [0.5, 0.6) is 0 Å². The lowest BCUT2D eigenvalue weighted by molar-refractivity contribution is -0.113. The molecule has 3 aromatic heterocycles. The number of amides is 1. The maximum absolute atomic E-state index is 12.6. The summed E-state index contributed by atoms with van der Waals surface area (Å²) in [4.78, 5) is 25.8. The number of aryl methyl sites for hydroxylation is 1. The van der Waals surface area contributed by atoms with Crippen LogP contribution in [0, 0.1) is 6.92 Å². The first kappa shape index (κ1) is 22.1. The molecule has 0 fully saturated rings. The fraction of sp³-hybridized carbons (Fsp3) is 0.400. The highest BCUT2D eigenvalue weighted by atomic mass is 32.2. The molecule has 0 unspecified atom stereocenters. The lowest BCUT2D eigenvalue weighted by Crippen LogP contribution is -2.17. The van der Waals surface area contributed by atoms with Crippen LogP contribution in [-0.4, -0.2) is 39.5 Å². The topological polar surface area (TPSA) is 99.3 Å². The number of aromatic nitrogens is 3. The number of carbonyl (C=O) groups is 2. The monoisotopic (exact) mass is 448 g/mol. The number of nitrogens with one attached hydrogen (secondary N) is 1. The summed E-state index contributed by atoms with van der Waals surface area (Å²) in [7, 11) is 1.34. The van der Waals surface area contributed by atoms with Gasteiger partial charge in [0, 0.05) is 10.9 Å². The Bertz CT molecular complexity index is 1040. The van der Waals surface area contributed by atoms with E-state index in [-0.39, 0.29) is 17.7 Å². The van der Waals surface area contributed by atoms with E-state index in [1.165, 1.54) is 30.2 Å². The van der Waals surface area contributed by atoms with Gasteiger partial charge in [0.1, 0.15) is 5.00 Å². The van der Waals surface area contributed by atoms with Gasteiger partial charge in [0.25, 0.3) is 0 Å². The molecule has 0 aliphatic carbocycles. The first-order chi connectivity index (χ1) is 14.4. The molecule has 3 rings (SSSR count). The minimum absolute atomic E-state index is 0.0867. The molecule has 0 aliphatic rings. The third-order valence-corrected chi connectivity index (χ3v) is 6.47. The van der Waals surface area contributed by atoms with E-state index in [4.69, 9.17) is 9.15 Å². The van der Waals surface area contributed by atoms with Crippen LogP contribution in [0.1, 0.15) is 47.6 Å². The lowest BCUT2D eigenvalue weighted by atomic mass is 10.1. The second-order valence-corrected chi connectivity index (χ2v) is 8.94. The summed E-state index contributed by atoms with van der Waals surface area (Å²) in [5, 5.41) is 12.4. The summed E-state index contributed by atoms with van der Waals surface area (Å²) in [6.45, 7) is 7.94. The number of methoxy groups -OCH3 is 1. The number of carbonyl (C=O) groups excluding carboxylic acids is 2. The summed E-state index contributed by atoms with van der Waals surface area (Å²) < 4.78 is 12.3. The van der Waals surface area contributed by atoms with E-state index in [0.717, 1.165) is 10.4 Å². The van der Waals surface area contributed by atoms with Crippen LogP contribution >= 0.6 is 23.1 Å². The molecular formula is C20H24N4O4S2. The minimum atomic E-state index is -0.443. The Balaban J connectivity index is 1.76. The zero-order valence-corrected chi connectivity index (χ0v) is 19.1. The number of thioether (sulfide) groups is 1. The number of hydrogen-bond acceptors (Lipinski definition) is 8. The van der Waals surface area contributed by atoms with E-state index in [0.29, 0.717) is 33.7 Å². The molecule has 3 heterocycles. The van der Waals surface area contributed by atoms with Gasteiger partial charge in [0.2, 0.25) is 11.7 Å². The standard InChI is InChI=1S/C20H24N4O4S2/c1-6-13-12(4)30-18(16(13)19(26)27-5)21-15(25)10-29-20-23-22-17(24(20)11(2)3)14-8-7-9-28-14/h7-9,11H,6,10H2,1-5H3,(H,21,25). The molecule has 0 saturated carbocycles. The molecule has 0 atom stereocenters. The Morgan fingerprint density at radius 2 is 2.13 bits per heavy atom. The van der Waals surface area contributed by atoms with Crippen molar-refractivity contribution in [1.82, 2.24) is 14.8 Å². The molecule has 8 nitrogen and oxygen atoms in total. The number of nitrogens with zero attached hydrogens (tertiary/aromatic N) is 3. The molecule has 0 aliphatic heterocycles. The smallest absolute Gasteiger partial charge is 0.341 e. The molecule has 0 bridgehead atoms. The van der Waals surface area contributed by atoms with Crippen molar-refractivity contribution >= 4 is 40.0 Å². The Hall–Kier alpha value is -2.59. The van der Waals surface area contributed by atoms with Gasteiger partial charge in [-0.1, -0.05) is 18.7 Å². The van der Waals surface area contributed by atoms with Crippen LogP contribution in [-0.2, 0) is 16.0 Å². The molecule has 10 heteroatoms. The molecule has 30 heavy (non-hydrogen) atoms. The molecule has 0 aromatic carbocycles. The second-order valence-electron chi connectivity index (χ2n) is 6.77. The second kappa shape index (κ2) is 9.48. The van der Waals surface area contributed by atoms with Crippen molar-refractivity contribution in [3.63, 3.8) is 0 Å². The van der Waals surface area contributed by atoms with E-state index in [9.17, 15) is 9.59 Å². The minimum Gasteiger partial charge on any atom is -0.465 e. The van der Waals surface area contributed by atoms with Crippen LogP contribution in [0.4, 0.5) is 5.00 Å². The number of ether oxygens (including phenoxy) is 1. The van der Waals surface area contributed by atoms with Crippen molar-refractivity contribution in [2.45, 2.75) is 45.3 Å². The van der Waals surface area contributed by atoms with E-state index < -0.39 is 5.97 Å². The average molecular weight is 449 g/mol. The fourth-order valence-corrected chi connectivity index (χ4v) is 5.13. The molecule has 0 spiro atoms. The van der Waals surface area contributed by atoms with E-state index >= 15 is 0 Å². The summed E-state index contributed by atoms with van der Waals surface area (Å²) in [5.41, 5.74) is 1.34.